The summed E-state index contributed by atoms with van der Waals surface area (Å²) in [5.41, 5.74) is 1.71. The molecule has 2 amide bonds. The fraction of sp³-hybridized carbons (Fsp3) is 0.400. The number of nitrogens with zero attached hydrogens (tertiary/aromatic N) is 2. The minimum atomic E-state index is -0.989. The zero-order chi connectivity index (χ0) is 15.1. The largest absolute Gasteiger partial charge is 0.480 e. The van der Waals surface area contributed by atoms with Gasteiger partial charge in [-0.2, -0.15) is 0 Å². The Bertz CT molecular complexity index is 628. The molecule has 1 saturated heterocycles. The lowest BCUT2D eigenvalue weighted by atomic mass is 9.91. The number of carbonyl (C=O) groups excluding carboxylic acids is 2. The van der Waals surface area contributed by atoms with Gasteiger partial charge in [0.1, 0.15) is 6.04 Å². The van der Waals surface area contributed by atoms with Gasteiger partial charge in [-0.3, -0.25) is 24.2 Å². The molecular weight excluding hydrogens is 272 g/mol. The van der Waals surface area contributed by atoms with Gasteiger partial charge in [-0.15, -0.1) is 0 Å². The third-order valence-corrected chi connectivity index (χ3v) is 4.31. The van der Waals surface area contributed by atoms with Gasteiger partial charge >= 0.3 is 5.97 Å². The van der Waals surface area contributed by atoms with Gasteiger partial charge in [-0.25, -0.2) is 0 Å². The first-order valence-electron chi connectivity index (χ1n) is 6.87. The third kappa shape index (κ3) is 2.12. The van der Waals surface area contributed by atoms with Crippen molar-refractivity contribution >= 4 is 17.8 Å². The zero-order valence-electron chi connectivity index (χ0n) is 11.7. The summed E-state index contributed by atoms with van der Waals surface area (Å²) in [6.45, 7) is 0.464. The van der Waals surface area contributed by atoms with Crippen LogP contribution < -0.4 is 0 Å². The molecule has 1 N–H and O–H groups in total. The molecule has 2 unspecified atom stereocenters. The number of rotatable bonds is 2. The molecule has 6 heteroatoms. The highest BCUT2D eigenvalue weighted by Gasteiger charge is 2.45. The Morgan fingerprint density at radius 3 is 2.62 bits per heavy atom. The first kappa shape index (κ1) is 13.8. The minimum absolute atomic E-state index is 0.0568. The van der Waals surface area contributed by atoms with Crippen LogP contribution in [0.4, 0.5) is 0 Å². The molecule has 2 heterocycles. The molecule has 0 saturated carbocycles. The van der Waals surface area contributed by atoms with Crippen LogP contribution in [0.25, 0.3) is 0 Å². The Hall–Kier alpha value is -2.21. The van der Waals surface area contributed by atoms with E-state index in [4.69, 9.17) is 0 Å². The average Bonchev–Trinajstić information content (AvgIpc) is 2.73. The van der Waals surface area contributed by atoms with Crippen LogP contribution in [-0.4, -0.2) is 52.3 Å². The number of amides is 2. The standard InChI is InChI=1S/C15H16N2O4/c1-16-12(18)8-11(14(16)19)17-7-6-9-4-2-3-5-10(9)13(17)15(20)21/h2-5,11,13H,6-8H2,1H3,(H,20,21). The van der Waals surface area contributed by atoms with E-state index in [2.05, 4.69) is 0 Å². The molecule has 2 aliphatic heterocycles. The maximum atomic E-state index is 12.2. The molecule has 0 bridgehead atoms. The van der Waals surface area contributed by atoms with Crippen LogP contribution in [0.3, 0.4) is 0 Å². The van der Waals surface area contributed by atoms with Crippen LogP contribution in [-0.2, 0) is 20.8 Å². The second-order valence-corrected chi connectivity index (χ2v) is 5.44. The molecule has 3 rings (SSSR count). The monoisotopic (exact) mass is 288 g/mol. The lowest BCUT2D eigenvalue weighted by Crippen LogP contribution is -2.48. The predicted molar refractivity (Wildman–Crippen MR) is 73.4 cm³/mol. The first-order valence-corrected chi connectivity index (χ1v) is 6.87. The van der Waals surface area contributed by atoms with E-state index in [1.54, 1.807) is 17.0 Å². The number of hydrogen-bond acceptors (Lipinski definition) is 4. The van der Waals surface area contributed by atoms with Crippen molar-refractivity contribution < 1.29 is 19.5 Å². The average molecular weight is 288 g/mol. The predicted octanol–water partition coefficient (Wildman–Crippen LogP) is 0.428. The summed E-state index contributed by atoms with van der Waals surface area (Å²) in [4.78, 5) is 38.3. The topological polar surface area (TPSA) is 77.9 Å². The number of hydrogen-bond donors (Lipinski definition) is 1. The second-order valence-electron chi connectivity index (χ2n) is 5.44. The van der Waals surface area contributed by atoms with Crippen LogP contribution in [0.5, 0.6) is 0 Å². The van der Waals surface area contributed by atoms with E-state index in [1.807, 2.05) is 12.1 Å². The van der Waals surface area contributed by atoms with Gasteiger partial charge in [0.15, 0.2) is 0 Å². The molecule has 2 aliphatic rings. The van der Waals surface area contributed by atoms with E-state index in [9.17, 15) is 19.5 Å². The van der Waals surface area contributed by atoms with Crippen molar-refractivity contribution in [2.24, 2.45) is 0 Å². The Balaban J connectivity index is 1.99. The summed E-state index contributed by atoms with van der Waals surface area (Å²) in [5, 5.41) is 9.58. The molecule has 21 heavy (non-hydrogen) atoms. The van der Waals surface area contributed by atoms with E-state index in [1.165, 1.54) is 7.05 Å². The first-order chi connectivity index (χ1) is 10.0. The van der Waals surface area contributed by atoms with Crippen LogP contribution in [0.1, 0.15) is 23.6 Å². The number of likely N-dealkylation sites (tertiary alicyclic amines) is 1. The normalized spacial score (nSPS) is 26.0. The number of carboxylic acid groups (broad SMARTS) is 1. The maximum Gasteiger partial charge on any atom is 0.325 e. The lowest BCUT2D eigenvalue weighted by molar-refractivity contribution is -0.146. The van der Waals surface area contributed by atoms with E-state index in [0.717, 1.165) is 10.5 Å². The fourth-order valence-corrected chi connectivity index (χ4v) is 3.19. The van der Waals surface area contributed by atoms with Crippen LogP contribution in [0.15, 0.2) is 24.3 Å². The number of aliphatic carboxylic acids is 1. The van der Waals surface area contributed by atoms with Crippen molar-refractivity contribution in [3.8, 4) is 0 Å². The summed E-state index contributed by atoms with van der Waals surface area (Å²) in [6.07, 6.45) is 0.739. The molecule has 0 radical (unpaired) electrons. The molecule has 1 aromatic rings. The van der Waals surface area contributed by atoms with Crippen LogP contribution in [0.2, 0.25) is 0 Å². The summed E-state index contributed by atoms with van der Waals surface area (Å²) in [6, 6.07) is 5.83. The number of imide groups is 1. The molecule has 6 nitrogen and oxygen atoms in total. The Morgan fingerprint density at radius 1 is 1.29 bits per heavy atom. The highest BCUT2D eigenvalue weighted by atomic mass is 16.4. The summed E-state index contributed by atoms with van der Waals surface area (Å²) in [5.74, 6) is -1.56. The number of carboxylic acids is 1. The maximum absolute atomic E-state index is 12.2. The lowest BCUT2D eigenvalue weighted by Gasteiger charge is -2.37. The number of benzene rings is 1. The zero-order valence-corrected chi connectivity index (χ0v) is 11.7. The summed E-state index contributed by atoms with van der Waals surface area (Å²) < 4.78 is 0. The number of fused-ring (bicyclic) bond motifs is 1. The molecule has 2 atom stereocenters. The Morgan fingerprint density at radius 2 is 2.00 bits per heavy atom. The van der Waals surface area contributed by atoms with Gasteiger partial charge in [0.25, 0.3) is 0 Å². The SMILES string of the molecule is CN1C(=O)CC(N2CCc3ccccc3C2C(=O)O)C1=O. The van der Waals surface area contributed by atoms with Gasteiger partial charge in [-0.05, 0) is 17.5 Å². The Labute approximate surface area is 122 Å². The van der Waals surface area contributed by atoms with Gasteiger partial charge in [0.2, 0.25) is 11.8 Å². The third-order valence-electron chi connectivity index (χ3n) is 4.31. The molecule has 1 aromatic carbocycles. The van der Waals surface area contributed by atoms with E-state index < -0.39 is 18.1 Å². The van der Waals surface area contributed by atoms with E-state index >= 15 is 0 Å². The van der Waals surface area contributed by atoms with Gasteiger partial charge in [-0.1, -0.05) is 24.3 Å². The quantitative estimate of drug-likeness (QED) is 0.798. The van der Waals surface area contributed by atoms with Crippen LogP contribution in [0, 0.1) is 0 Å². The van der Waals surface area contributed by atoms with E-state index in [-0.39, 0.29) is 18.2 Å². The van der Waals surface area contributed by atoms with Crippen molar-refractivity contribution in [2.75, 3.05) is 13.6 Å². The summed E-state index contributed by atoms with van der Waals surface area (Å²) in [7, 11) is 1.44. The van der Waals surface area contributed by atoms with Crippen molar-refractivity contribution in [1.29, 1.82) is 0 Å². The minimum Gasteiger partial charge on any atom is -0.480 e. The van der Waals surface area contributed by atoms with Crippen molar-refractivity contribution in [1.82, 2.24) is 9.80 Å². The smallest absolute Gasteiger partial charge is 0.325 e. The highest BCUT2D eigenvalue weighted by Crippen LogP contribution is 2.34. The molecule has 0 aromatic heterocycles. The van der Waals surface area contributed by atoms with Gasteiger partial charge in [0, 0.05) is 13.6 Å². The van der Waals surface area contributed by atoms with Gasteiger partial charge < -0.3 is 5.11 Å². The van der Waals surface area contributed by atoms with Gasteiger partial charge in [0.05, 0.1) is 12.5 Å². The van der Waals surface area contributed by atoms with E-state index in [0.29, 0.717) is 18.5 Å². The molecule has 0 spiro atoms. The fourth-order valence-electron chi connectivity index (χ4n) is 3.19. The van der Waals surface area contributed by atoms with Crippen molar-refractivity contribution in [3.63, 3.8) is 0 Å². The van der Waals surface area contributed by atoms with Crippen molar-refractivity contribution in [2.45, 2.75) is 24.9 Å². The van der Waals surface area contributed by atoms with Crippen LogP contribution >= 0.6 is 0 Å². The van der Waals surface area contributed by atoms with Crippen molar-refractivity contribution in [3.05, 3.63) is 35.4 Å². The number of carbonyl (C=O) groups is 3. The molecule has 0 aliphatic carbocycles. The molecule has 110 valence electrons. The second kappa shape index (κ2) is 4.96. The highest BCUT2D eigenvalue weighted by molar-refractivity contribution is 6.05. The molecular formula is C15H16N2O4. The summed E-state index contributed by atoms with van der Waals surface area (Å²) >= 11 is 0. The molecule has 1 fully saturated rings. The Kier molecular flexibility index (Phi) is 3.25. The number of likely N-dealkylation sites (N-methyl/N-ethyl adjacent to an activating group) is 1.